The number of hydrogen-bond acceptors (Lipinski definition) is 5. The average molecular weight is 469 g/mol. The fraction of sp³-hybridized carbons (Fsp3) is 0.375. The lowest BCUT2D eigenvalue weighted by Gasteiger charge is -2.32. The number of nitrogens with one attached hydrogen (secondary N) is 1. The first-order valence-electron chi connectivity index (χ1n) is 11.2. The Morgan fingerprint density at radius 3 is 2.70 bits per heavy atom. The van der Waals surface area contributed by atoms with Gasteiger partial charge in [0.05, 0.1) is 10.4 Å². The smallest absolute Gasteiger partial charge is 0.348 e. The summed E-state index contributed by atoms with van der Waals surface area (Å²) in [4.78, 5) is 28.9. The highest BCUT2D eigenvalue weighted by Crippen LogP contribution is 2.26. The summed E-state index contributed by atoms with van der Waals surface area (Å²) in [5, 5.41) is 3.32. The summed E-state index contributed by atoms with van der Waals surface area (Å²) < 4.78 is 29.2. The number of fused-ring (bicyclic) bond motifs is 1. The molecule has 0 radical (unpaired) electrons. The molecule has 1 saturated heterocycles. The Kier molecular flexibility index (Phi) is 6.90. The van der Waals surface area contributed by atoms with Gasteiger partial charge in [0.15, 0.2) is 0 Å². The largest absolute Gasteiger partial charge is 0.354 e. The second kappa shape index (κ2) is 9.84. The van der Waals surface area contributed by atoms with E-state index < -0.39 is 15.7 Å². The average Bonchev–Trinajstić information content (AvgIpc) is 2.81. The maximum Gasteiger partial charge on any atom is 0.348 e. The molecule has 0 bridgehead atoms. The fourth-order valence-electron chi connectivity index (χ4n) is 4.25. The van der Waals surface area contributed by atoms with Crippen LogP contribution in [0, 0.1) is 0 Å². The monoisotopic (exact) mass is 468 g/mol. The molecule has 0 aliphatic carbocycles. The number of carbonyl (C=O) groups is 1. The van der Waals surface area contributed by atoms with Crippen LogP contribution in [-0.4, -0.2) is 47.3 Å². The number of hydrogen-bond donors (Lipinski definition) is 1. The molecule has 1 amide bonds. The number of sulfonamides is 1. The molecule has 4 rings (SSSR count). The standard InChI is InChI=1S/C24H28N4O4S/c1-18-7-5-6-14-28(18)33(31,32)21-10-11-22-20(15-21)16-26-24(30)27(22)17-23(29)25-13-12-19-8-3-2-4-9-19/h2-4,8-11,15-16,18H,5-7,12-14,17H2,1H3,(H,25,29)/t18-/m1/s1. The molecule has 1 atom stereocenters. The minimum Gasteiger partial charge on any atom is -0.354 e. The lowest BCUT2D eigenvalue weighted by atomic mass is 10.1. The third-order valence-electron chi connectivity index (χ3n) is 6.06. The van der Waals surface area contributed by atoms with E-state index in [0.717, 1.165) is 24.8 Å². The van der Waals surface area contributed by atoms with Gasteiger partial charge in [-0.1, -0.05) is 36.8 Å². The maximum absolute atomic E-state index is 13.2. The molecule has 9 heteroatoms. The second-order valence-electron chi connectivity index (χ2n) is 8.39. The van der Waals surface area contributed by atoms with Gasteiger partial charge in [-0.2, -0.15) is 4.31 Å². The van der Waals surface area contributed by atoms with E-state index in [1.165, 1.54) is 22.9 Å². The normalized spacial score (nSPS) is 17.2. The van der Waals surface area contributed by atoms with Crippen molar-refractivity contribution in [2.45, 2.75) is 50.1 Å². The molecular formula is C24H28N4O4S. The third kappa shape index (κ3) is 5.15. The maximum atomic E-state index is 13.2. The number of nitrogens with zero attached hydrogens (tertiary/aromatic N) is 3. The SMILES string of the molecule is C[C@@H]1CCCCN1S(=O)(=O)c1ccc2c(cnc(=O)n2CC(=O)NCCc2ccccc2)c1. The van der Waals surface area contributed by atoms with E-state index in [1.807, 2.05) is 37.3 Å². The van der Waals surface area contributed by atoms with E-state index in [1.54, 1.807) is 10.4 Å². The first-order chi connectivity index (χ1) is 15.9. The van der Waals surface area contributed by atoms with E-state index in [9.17, 15) is 18.0 Å². The van der Waals surface area contributed by atoms with E-state index in [-0.39, 0.29) is 23.4 Å². The number of benzene rings is 2. The molecule has 1 N–H and O–H groups in total. The molecule has 2 heterocycles. The molecule has 8 nitrogen and oxygen atoms in total. The molecule has 174 valence electrons. The summed E-state index contributed by atoms with van der Waals surface area (Å²) in [6.07, 6.45) is 4.75. The van der Waals surface area contributed by atoms with Gasteiger partial charge in [0.25, 0.3) is 0 Å². The molecule has 0 saturated carbocycles. The predicted molar refractivity (Wildman–Crippen MR) is 126 cm³/mol. The van der Waals surface area contributed by atoms with Gasteiger partial charge in [-0.15, -0.1) is 0 Å². The highest BCUT2D eigenvalue weighted by molar-refractivity contribution is 7.89. The number of carbonyl (C=O) groups excluding carboxylic acids is 1. The quantitative estimate of drug-likeness (QED) is 0.573. The second-order valence-corrected chi connectivity index (χ2v) is 10.3. The first-order valence-corrected chi connectivity index (χ1v) is 12.6. The molecule has 1 aliphatic heterocycles. The summed E-state index contributed by atoms with van der Waals surface area (Å²) in [6, 6.07) is 14.4. The molecule has 1 aromatic heterocycles. The van der Waals surface area contributed by atoms with Gasteiger partial charge in [-0.25, -0.2) is 18.2 Å². The van der Waals surface area contributed by atoms with E-state index in [2.05, 4.69) is 10.3 Å². The van der Waals surface area contributed by atoms with Gasteiger partial charge in [0.1, 0.15) is 6.54 Å². The van der Waals surface area contributed by atoms with E-state index in [0.29, 0.717) is 30.4 Å². The molecule has 1 fully saturated rings. The summed E-state index contributed by atoms with van der Waals surface area (Å²) >= 11 is 0. The van der Waals surface area contributed by atoms with Crippen molar-refractivity contribution in [1.82, 2.24) is 19.2 Å². The Balaban J connectivity index is 1.53. The van der Waals surface area contributed by atoms with Crippen molar-refractivity contribution in [3.05, 3.63) is 70.8 Å². The zero-order valence-corrected chi connectivity index (χ0v) is 19.4. The fourth-order valence-corrected chi connectivity index (χ4v) is 5.98. The Morgan fingerprint density at radius 1 is 1.15 bits per heavy atom. The van der Waals surface area contributed by atoms with E-state index >= 15 is 0 Å². The highest BCUT2D eigenvalue weighted by atomic mass is 32.2. The van der Waals surface area contributed by atoms with Crippen LogP contribution in [0.3, 0.4) is 0 Å². The van der Waals surface area contributed by atoms with Crippen LogP contribution in [0.15, 0.2) is 64.4 Å². The van der Waals surface area contributed by atoms with Crippen molar-refractivity contribution in [3.8, 4) is 0 Å². The van der Waals surface area contributed by atoms with Crippen LogP contribution in [-0.2, 0) is 27.8 Å². The zero-order valence-electron chi connectivity index (χ0n) is 18.6. The highest BCUT2D eigenvalue weighted by Gasteiger charge is 2.31. The van der Waals surface area contributed by atoms with Crippen LogP contribution in [0.4, 0.5) is 0 Å². The number of piperidine rings is 1. The van der Waals surface area contributed by atoms with Crippen molar-refractivity contribution in [2.24, 2.45) is 0 Å². The first kappa shape index (κ1) is 23.1. The Morgan fingerprint density at radius 2 is 1.94 bits per heavy atom. The molecule has 1 aliphatic rings. The van der Waals surface area contributed by atoms with Crippen LogP contribution in [0.5, 0.6) is 0 Å². The lowest BCUT2D eigenvalue weighted by Crippen LogP contribution is -2.41. The predicted octanol–water partition coefficient (Wildman–Crippen LogP) is 2.32. The van der Waals surface area contributed by atoms with Gasteiger partial charge in [-0.3, -0.25) is 9.36 Å². The Labute approximate surface area is 193 Å². The summed E-state index contributed by atoms with van der Waals surface area (Å²) in [5.41, 5.74) is 1.03. The van der Waals surface area contributed by atoms with Crippen molar-refractivity contribution in [2.75, 3.05) is 13.1 Å². The molecule has 2 aromatic carbocycles. The van der Waals surface area contributed by atoms with Crippen LogP contribution >= 0.6 is 0 Å². The number of aromatic nitrogens is 2. The summed E-state index contributed by atoms with van der Waals surface area (Å²) in [5.74, 6) is -0.304. The Hall–Kier alpha value is -3.04. The molecule has 0 unspecified atom stereocenters. The van der Waals surface area contributed by atoms with Gasteiger partial charge < -0.3 is 5.32 Å². The van der Waals surface area contributed by atoms with Gasteiger partial charge in [-0.05, 0) is 49.9 Å². The minimum absolute atomic E-state index is 0.0499. The lowest BCUT2D eigenvalue weighted by molar-refractivity contribution is -0.121. The third-order valence-corrected chi connectivity index (χ3v) is 8.07. The molecular weight excluding hydrogens is 440 g/mol. The summed E-state index contributed by atoms with van der Waals surface area (Å²) in [6.45, 7) is 2.69. The van der Waals surface area contributed by atoms with Crippen LogP contribution in [0.1, 0.15) is 31.7 Å². The topological polar surface area (TPSA) is 101 Å². The Bertz CT molecular complexity index is 1310. The molecule has 3 aromatic rings. The van der Waals surface area contributed by atoms with Gasteiger partial charge >= 0.3 is 5.69 Å². The van der Waals surface area contributed by atoms with E-state index in [4.69, 9.17) is 0 Å². The van der Waals surface area contributed by atoms with Crippen molar-refractivity contribution in [3.63, 3.8) is 0 Å². The molecule has 0 spiro atoms. The number of rotatable bonds is 7. The number of amides is 1. The van der Waals surface area contributed by atoms with Crippen LogP contribution in [0.2, 0.25) is 0 Å². The van der Waals surface area contributed by atoms with Crippen LogP contribution < -0.4 is 11.0 Å². The van der Waals surface area contributed by atoms with Crippen molar-refractivity contribution in [1.29, 1.82) is 0 Å². The van der Waals surface area contributed by atoms with Crippen molar-refractivity contribution >= 4 is 26.8 Å². The zero-order chi connectivity index (χ0) is 23.4. The van der Waals surface area contributed by atoms with Gasteiger partial charge in [0.2, 0.25) is 15.9 Å². The minimum atomic E-state index is -3.65. The summed E-state index contributed by atoms with van der Waals surface area (Å²) in [7, 11) is -3.65. The van der Waals surface area contributed by atoms with Gasteiger partial charge in [0, 0.05) is 30.7 Å². The van der Waals surface area contributed by atoms with Crippen LogP contribution in [0.25, 0.3) is 10.9 Å². The molecule has 33 heavy (non-hydrogen) atoms. The van der Waals surface area contributed by atoms with Crippen molar-refractivity contribution < 1.29 is 13.2 Å².